The Morgan fingerprint density at radius 2 is 2.31 bits per heavy atom. The lowest BCUT2D eigenvalue weighted by atomic mass is 10.1. The van der Waals surface area contributed by atoms with E-state index in [2.05, 4.69) is 0 Å². The number of hydrogen-bond acceptors (Lipinski definition) is 3. The summed E-state index contributed by atoms with van der Waals surface area (Å²) in [5.74, 6) is -0.368. The minimum Gasteiger partial charge on any atom is -0.493 e. The zero-order valence-electron chi connectivity index (χ0n) is 7.33. The molecule has 0 unspecified atom stereocenters. The summed E-state index contributed by atoms with van der Waals surface area (Å²) in [5, 5.41) is 8.80. The minimum atomic E-state index is -0.606. The van der Waals surface area contributed by atoms with Gasteiger partial charge in [0, 0.05) is 5.56 Å². The molecule has 0 heterocycles. The van der Waals surface area contributed by atoms with Crippen molar-refractivity contribution in [2.45, 2.75) is 6.04 Å². The van der Waals surface area contributed by atoms with Crippen LogP contribution < -0.4 is 10.5 Å². The molecule has 1 aromatic carbocycles. The fourth-order valence-electron chi connectivity index (χ4n) is 1.13. The molecule has 3 nitrogen and oxygen atoms in total. The van der Waals surface area contributed by atoms with E-state index in [1.165, 1.54) is 19.2 Å². The Kier molecular flexibility index (Phi) is 3.22. The highest BCUT2D eigenvalue weighted by Crippen LogP contribution is 2.26. The van der Waals surface area contributed by atoms with Gasteiger partial charge >= 0.3 is 0 Å². The first-order valence-electron chi connectivity index (χ1n) is 3.89. The maximum absolute atomic E-state index is 13.1. The lowest BCUT2D eigenvalue weighted by molar-refractivity contribution is 0.263. The molecule has 0 saturated heterocycles. The second kappa shape index (κ2) is 4.20. The van der Waals surface area contributed by atoms with Gasteiger partial charge in [0.25, 0.3) is 0 Å². The third-order valence-corrected chi connectivity index (χ3v) is 1.80. The fraction of sp³-hybridized carbons (Fsp3) is 0.333. The second-order valence-electron chi connectivity index (χ2n) is 2.65. The summed E-state index contributed by atoms with van der Waals surface area (Å²) in [6.07, 6.45) is 0. The SMILES string of the molecule is COc1c(F)cccc1[C@@H](N)CO. The van der Waals surface area contributed by atoms with Gasteiger partial charge in [-0.3, -0.25) is 0 Å². The Labute approximate surface area is 75.9 Å². The van der Waals surface area contributed by atoms with Crippen molar-refractivity contribution >= 4 is 0 Å². The van der Waals surface area contributed by atoms with Crippen LogP contribution in [0.25, 0.3) is 0 Å². The molecule has 1 rings (SSSR count). The summed E-state index contributed by atoms with van der Waals surface area (Å²) >= 11 is 0. The Balaban J connectivity index is 3.12. The van der Waals surface area contributed by atoms with Gasteiger partial charge in [0.1, 0.15) is 0 Å². The predicted molar refractivity (Wildman–Crippen MR) is 47.0 cm³/mol. The molecule has 0 fully saturated rings. The summed E-state index contributed by atoms with van der Waals surface area (Å²) in [5.41, 5.74) is 6.02. The lowest BCUT2D eigenvalue weighted by Crippen LogP contribution is -2.15. The van der Waals surface area contributed by atoms with Gasteiger partial charge in [-0.05, 0) is 6.07 Å². The number of methoxy groups -OCH3 is 1. The molecule has 0 spiro atoms. The van der Waals surface area contributed by atoms with Crippen LogP contribution in [-0.4, -0.2) is 18.8 Å². The molecule has 0 aliphatic rings. The molecule has 0 aliphatic carbocycles. The zero-order chi connectivity index (χ0) is 9.84. The fourth-order valence-corrected chi connectivity index (χ4v) is 1.13. The second-order valence-corrected chi connectivity index (χ2v) is 2.65. The van der Waals surface area contributed by atoms with E-state index >= 15 is 0 Å². The normalized spacial score (nSPS) is 12.6. The Bertz CT molecular complexity index is 291. The third kappa shape index (κ3) is 1.96. The van der Waals surface area contributed by atoms with Crippen LogP contribution in [0.5, 0.6) is 5.75 Å². The number of ether oxygens (including phenoxy) is 1. The van der Waals surface area contributed by atoms with Crippen molar-refractivity contribution in [1.82, 2.24) is 0 Å². The molecule has 13 heavy (non-hydrogen) atoms. The number of nitrogens with two attached hydrogens (primary N) is 1. The number of rotatable bonds is 3. The van der Waals surface area contributed by atoms with Gasteiger partial charge in [0.15, 0.2) is 11.6 Å². The lowest BCUT2D eigenvalue weighted by Gasteiger charge is -2.13. The maximum atomic E-state index is 13.1. The molecule has 1 atom stereocenters. The summed E-state index contributed by atoms with van der Waals surface area (Å²) in [6.45, 7) is -0.236. The van der Waals surface area contributed by atoms with Crippen molar-refractivity contribution in [3.8, 4) is 5.75 Å². The molecule has 0 aromatic heterocycles. The summed E-state index contributed by atoms with van der Waals surface area (Å²) < 4.78 is 17.9. The van der Waals surface area contributed by atoms with E-state index < -0.39 is 11.9 Å². The predicted octanol–water partition coefficient (Wildman–Crippen LogP) is 0.826. The molecule has 0 bridgehead atoms. The zero-order valence-corrected chi connectivity index (χ0v) is 7.33. The van der Waals surface area contributed by atoms with Crippen LogP contribution in [0, 0.1) is 5.82 Å². The Hall–Kier alpha value is -1.13. The van der Waals surface area contributed by atoms with E-state index in [4.69, 9.17) is 15.6 Å². The topological polar surface area (TPSA) is 55.5 Å². The molecule has 0 amide bonds. The van der Waals surface area contributed by atoms with Crippen LogP contribution in [0.4, 0.5) is 4.39 Å². The summed E-state index contributed by atoms with van der Waals surface area (Å²) in [4.78, 5) is 0. The van der Waals surface area contributed by atoms with Crippen molar-refractivity contribution < 1.29 is 14.2 Å². The molecule has 72 valence electrons. The molecule has 0 saturated carbocycles. The van der Waals surface area contributed by atoms with Crippen molar-refractivity contribution in [2.24, 2.45) is 5.73 Å². The highest BCUT2D eigenvalue weighted by Gasteiger charge is 2.13. The number of aliphatic hydroxyl groups is 1. The van der Waals surface area contributed by atoms with Crippen LogP contribution in [-0.2, 0) is 0 Å². The van der Waals surface area contributed by atoms with E-state index in [-0.39, 0.29) is 12.4 Å². The van der Waals surface area contributed by atoms with E-state index in [1.807, 2.05) is 0 Å². The van der Waals surface area contributed by atoms with Crippen LogP contribution in [0.2, 0.25) is 0 Å². The van der Waals surface area contributed by atoms with Gasteiger partial charge in [-0.25, -0.2) is 4.39 Å². The average Bonchev–Trinajstić information content (AvgIpc) is 2.16. The van der Waals surface area contributed by atoms with Gasteiger partial charge < -0.3 is 15.6 Å². The molecule has 0 aliphatic heterocycles. The van der Waals surface area contributed by atoms with Gasteiger partial charge in [0.05, 0.1) is 19.8 Å². The molecule has 1 aromatic rings. The minimum absolute atomic E-state index is 0.101. The number of aliphatic hydroxyl groups excluding tert-OH is 1. The first-order chi connectivity index (χ1) is 6.20. The van der Waals surface area contributed by atoms with Crippen LogP contribution in [0.15, 0.2) is 18.2 Å². The third-order valence-electron chi connectivity index (χ3n) is 1.80. The first-order valence-corrected chi connectivity index (χ1v) is 3.89. The monoisotopic (exact) mass is 185 g/mol. The maximum Gasteiger partial charge on any atom is 0.165 e. The van der Waals surface area contributed by atoms with E-state index in [9.17, 15) is 4.39 Å². The van der Waals surface area contributed by atoms with Crippen molar-refractivity contribution in [1.29, 1.82) is 0 Å². The molecule has 3 N–H and O–H groups in total. The highest BCUT2D eigenvalue weighted by atomic mass is 19.1. The van der Waals surface area contributed by atoms with Crippen LogP contribution >= 0.6 is 0 Å². The average molecular weight is 185 g/mol. The van der Waals surface area contributed by atoms with E-state index in [0.29, 0.717) is 5.56 Å². The van der Waals surface area contributed by atoms with Crippen LogP contribution in [0.1, 0.15) is 11.6 Å². The standard InChI is InChI=1S/C9H12FNO2/c1-13-9-6(8(11)5-12)3-2-4-7(9)10/h2-4,8,12H,5,11H2,1H3/t8-/m0/s1. The highest BCUT2D eigenvalue weighted by molar-refractivity contribution is 5.37. The molecular formula is C9H12FNO2. The van der Waals surface area contributed by atoms with Gasteiger partial charge in [-0.2, -0.15) is 0 Å². The van der Waals surface area contributed by atoms with Crippen LogP contribution in [0.3, 0.4) is 0 Å². The molecule has 0 radical (unpaired) electrons. The Morgan fingerprint density at radius 1 is 1.62 bits per heavy atom. The van der Waals surface area contributed by atoms with Crippen molar-refractivity contribution in [3.05, 3.63) is 29.6 Å². The number of benzene rings is 1. The number of halogens is 1. The molecule has 4 heteroatoms. The van der Waals surface area contributed by atoms with E-state index in [0.717, 1.165) is 0 Å². The number of hydrogen-bond donors (Lipinski definition) is 2. The first kappa shape index (κ1) is 9.95. The van der Waals surface area contributed by atoms with Gasteiger partial charge in [-0.15, -0.1) is 0 Å². The largest absolute Gasteiger partial charge is 0.493 e. The summed E-state index contributed by atoms with van der Waals surface area (Å²) in [7, 11) is 1.37. The van der Waals surface area contributed by atoms with Crippen molar-refractivity contribution in [3.63, 3.8) is 0 Å². The summed E-state index contributed by atoms with van der Waals surface area (Å²) in [6, 6.07) is 3.84. The molecular weight excluding hydrogens is 173 g/mol. The van der Waals surface area contributed by atoms with Gasteiger partial charge in [0.2, 0.25) is 0 Å². The van der Waals surface area contributed by atoms with E-state index in [1.54, 1.807) is 6.07 Å². The smallest absolute Gasteiger partial charge is 0.165 e. The number of para-hydroxylation sites is 1. The Morgan fingerprint density at radius 3 is 2.85 bits per heavy atom. The van der Waals surface area contributed by atoms with Gasteiger partial charge in [-0.1, -0.05) is 12.1 Å². The van der Waals surface area contributed by atoms with Crippen molar-refractivity contribution in [2.75, 3.05) is 13.7 Å². The quantitative estimate of drug-likeness (QED) is 0.733.